The highest BCUT2D eigenvalue weighted by atomic mass is 14.7. The number of hydrogen-bond acceptors (Lipinski definition) is 0. The Morgan fingerprint density at radius 1 is 1.38 bits per heavy atom. The summed E-state index contributed by atoms with van der Waals surface area (Å²) in [7, 11) is 0. The minimum atomic E-state index is 1.06. The van der Waals surface area contributed by atoms with Gasteiger partial charge in [-0.25, -0.2) is 0 Å². The van der Waals surface area contributed by atoms with Gasteiger partial charge < -0.3 is 4.98 Å². The smallest absolute Gasteiger partial charge is 0.0455 e. The van der Waals surface area contributed by atoms with Crippen LogP contribution in [0.2, 0.25) is 0 Å². The molecule has 0 saturated heterocycles. The predicted molar refractivity (Wildman–Crippen MR) is 59.7 cm³/mol. The molecule has 1 aromatic heterocycles. The fraction of sp³-hybridized carbons (Fsp3) is 0.333. The minimum absolute atomic E-state index is 1.06. The molecule has 70 valence electrons. The van der Waals surface area contributed by atoms with Crippen molar-refractivity contribution in [3.05, 3.63) is 35.2 Å². The van der Waals surface area contributed by atoms with Crippen molar-refractivity contribution in [1.82, 2.24) is 4.98 Å². The van der Waals surface area contributed by atoms with Crippen LogP contribution in [0.4, 0.5) is 0 Å². The second-order valence-electron chi connectivity index (χ2n) is 3.22. The highest BCUT2D eigenvalue weighted by Crippen LogP contribution is 2.19. The molecule has 1 heteroatoms. The van der Waals surface area contributed by atoms with Crippen molar-refractivity contribution in [2.24, 2.45) is 0 Å². The maximum Gasteiger partial charge on any atom is 0.0455 e. The van der Waals surface area contributed by atoms with E-state index >= 15 is 0 Å². The lowest BCUT2D eigenvalue weighted by Crippen LogP contribution is -1.76. The number of hydrogen-bond donors (Lipinski definition) is 1. The summed E-state index contributed by atoms with van der Waals surface area (Å²) < 4.78 is 0. The highest BCUT2D eigenvalue weighted by molar-refractivity contribution is 5.66. The molecule has 1 heterocycles. The van der Waals surface area contributed by atoms with Crippen molar-refractivity contribution in [2.45, 2.75) is 27.2 Å². The Kier molecular flexibility index (Phi) is 3.13. The van der Waals surface area contributed by atoms with Crippen molar-refractivity contribution in [1.29, 1.82) is 0 Å². The van der Waals surface area contributed by atoms with Gasteiger partial charge in [-0.2, -0.15) is 0 Å². The fourth-order valence-corrected chi connectivity index (χ4v) is 1.40. The Bertz CT molecular complexity index is 329. The first-order chi connectivity index (χ1) is 6.20. The summed E-state index contributed by atoms with van der Waals surface area (Å²) >= 11 is 0. The van der Waals surface area contributed by atoms with Gasteiger partial charge in [0.1, 0.15) is 0 Å². The monoisotopic (exact) mass is 175 g/mol. The third-order valence-electron chi connectivity index (χ3n) is 2.30. The van der Waals surface area contributed by atoms with Crippen LogP contribution in [0.1, 0.15) is 35.9 Å². The van der Waals surface area contributed by atoms with E-state index in [1.807, 2.05) is 6.08 Å². The Labute approximate surface area is 80.2 Å². The lowest BCUT2D eigenvalue weighted by Gasteiger charge is -1.92. The number of rotatable bonds is 3. The van der Waals surface area contributed by atoms with Crippen LogP contribution >= 0.6 is 0 Å². The van der Waals surface area contributed by atoms with Gasteiger partial charge in [0.15, 0.2) is 0 Å². The summed E-state index contributed by atoms with van der Waals surface area (Å²) in [6.45, 7) is 10.2. The molecule has 1 nitrogen and oxygen atoms in total. The average molecular weight is 175 g/mol. The molecule has 0 aliphatic heterocycles. The van der Waals surface area contributed by atoms with Crippen LogP contribution in [0.3, 0.4) is 0 Å². The van der Waals surface area contributed by atoms with Gasteiger partial charge >= 0.3 is 0 Å². The van der Waals surface area contributed by atoms with Gasteiger partial charge in [-0.3, -0.25) is 0 Å². The van der Waals surface area contributed by atoms with E-state index in [0.29, 0.717) is 0 Å². The molecular formula is C12H17N. The molecule has 0 amide bonds. The maximum absolute atomic E-state index is 3.82. The topological polar surface area (TPSA) is 15.8 Å². The molecule has 0 atom stereocenters. The van der Waals surface area contributed by atoms with E-state index in [9.17, 15) is 0 Å². The van der Waals surface area contributed by atoms with Crippen molar-refractivity contribution < 1.29 is 0 Å². The molecule has 1 rings (SSSR count). The second kappa shape index (κ2) is 4.13. The van der Waals surface area contributed by atoms with Gasteiger partial charge in [-0.05, 0) is 31.9 Å². The SMILES string of the molecule is C=Cc1c(/C=C\CC)[nH]c(C)c1C. The summed E-state index contributed by atoms with van der Waals surface area (Å²) in [5.74, 6) is 0. The molecule has 0 unspecified atom stereocenters. The second-order valence-corrected chi connectivity index (χ2v) is 3.22. The van der Waals surface area contributed by atoms with Crippen molar-refractivity contribution in [2.75, 3.05) is 0 Å². The molecular weight excluding hydrogens is 158 g/mol. The van der Waals surface area contributed by atoms with Gasteiger partial charge in [0.05, 0.1) is 0 Å². The average Bonchev–Trinajstić information content (AvgIpc) is 2.39. The normalized spacial score (nSPS) is 11.0. The van der Waals surface area contributed by atoms with Crippen molar-refractivity contribution >= 4 is 12.2 Å². The van der Waals surface area contributed by atoms with E-state index in [1.54, 1.807) is 0 Å². The molecule has 0 bridgehead atoms. The molecule has 0 aliphatic rings. The molecule has 1 aromatic rings. The predicted octanol–water partition coefficient (Wildman–Crippen LogP) is 3.70. The molecule has 0 aromatic carbocycles. The molecule has 1 N–H and O–H groups in total. The van der Waals surface area contributed by atoms with Crippen LogP contribution < -0.4 is 0 Å². The van der Waals surface area contributed by atoms with Gasteiger partial charge in [-0.1, -0.05) is 25.7 Å². The first kappa shape index (κ1) is 9.85. The number of aromatic amines is 1. The summed E-state index contributed by atoms with van der Waals surface area (Å²) in [6, 6.07) is 0. The zero-order valence-corrected chi connectivity index (χ0v) is 8.65. The van der Waals surface area contributed by atoms with E-state index in [0.717, 1.165) is 6.42 Å². The highest BCUT2D eigenvalue weighted by Gasteiger charge is 2.05. The summed E-state index contributed by atoms with van der Waals surface area (Å²) in [6.07, 6.45) is 7.25. The van der Waals surface area contributed by atoms with Crippen LogP contribution in [0.25, 0.3) is 12.2 Å². The third kappa shape index (κ3) is 1.92. The number of aromatic nitrogens is 1. The van der Waals surface area contributed by atoms with E-state index in [-0.39, 0.29) is 0 Å². The zero-order valence-electron chi connectivity index (χ0n) is 8.65. The van der Waals surface area contributed by atoms with Crippen LogP contribution in [-0.4, -0.2) is 4.98 Å². The first-order valence-corrected chi connectivity index (χ1v) is 4.68. The number of allylic oxidation sites excluding steroid dienone is 1. The quantitative estimate of drug-likeness (QED) is 0.721. The lowest BCUT2D eigenvalue weighted by atomic mass is 10.1. The third-order valence-corrected chi connectivity index (χ3v) is 2.30. The van der Waals surface area contributed by atoms with E-state index < -0.39 is 0 Å². The lowest BCUT2D eigenvalue weighted by molar-refractivity contribution is 1.20. The Morgan fingerprint density at radius 3 is 2.62 bits per heavy atom. The molecule has 0 fully saturated rings. The first-order valence-electron chi connectivity index (χ1n) is 4.68. The molecule has 0 radical (unpaired) electrons. The van der Waals surface area contributed by atoms with Crippen LogP contribution in [0, 0.1) is 13.8 Å². The molecule has 0 aliphatic carbocycles. The molecule has 13 heavy (non-hydrogen) atoms. The van der Waals surface area contributed by atoms with Crippen LogP contribution in [-0.2, 0) is 0 Å². The molecule has 0 spiro atoms. The van der Waals surface area contributed by atoms with Crippen LogP contribution in [0.5, 0.6) is 0 Å². The Balaban J connectivity index is 3.13. The van der Waals surface area contributed by atoms with Crippen molar-refractivity contribution in [3.63, 3.8) is 0 Å². The van der Waals surface area contributed by atoms with Gasteiger partial charge in [-0.15, -0.1) is 0 Å². The summed E-state index contributed by atoms with van der Waals surface area (Å²) in [5.41, 5.74) is 4.92. The van der Waals surface area contributed by atoms with Crippen molar-refractivity contribution in [3.8, 4) is 0 Å². The fourth-order valence-electron chi connectivity index (χ4n) is 1.40. The zero-order chi connectivity index (χ0) is 9.84. The largest absolute Gasteiger partial charge is 0.358 e. The van der Waals surface area contributed by atoms with Gasteiger partial charge in [0, 0.05) is 17.0 Å². The van der Waals surface area contributed by atoms with Gasteiger partial charge in [0.25, 0.3) is 0 Å². The van der Waals surface area contributed by atoms with E-state index in [4.69, 9.17) is 0 Å². The standard InChI is InChI=1S/C12H17N/c1-5-7-8-12-11(6-2)9(3)10(4)13-12/h6-8,13H,2,5H2,1,3-4H3/b8-7-. The number of nitrogens with one attached hydrogen (secondary N) is 1. The minimum Gasteiger partial charge on any atom is -0.358 e. The molecule has 0 saturated carbocycles. The summed E-state index contributed by atoms with van der Waals surface area (Å²) in [5, 5.41) is 0. The summed E-state index contributed by atoms with van der Waals surface area (Å²) in [4.78, 5) is 3.34. The van der Waals surface area contributed by atoms with Crippen LogP contribution in [0.15, 0.2) is 12.7 Å². The van der Waals surface area contributed by atoms with Gasteiger partial charge in [0.2, 0.25) is 0 Å². The van der Waals surface area contributed by atoms with E-state index in [2.05, 4.69) is 44.5 Å². The Morgan fingerprint density at radius 2 is 2.08 bits per heavy atom. The number of aryl methyl sites for hydroxylation is 1. The van der Waals surface area contributed by atoms with E-state index in [1.165, 1.54) is 22.5 Å². The number of H-pyrrole nitrogens is 1. The Hall–Kier alpha value is -1.24. The maximum atomic E-state index is 3.82.